The third kappa shape index (κ3) is 2.44. The fourth-order valence-corrected chi connectivity index (χ4v) is 2.07. The van der Waals surface area contributed by atoms with E-state index in [0.29, 0.717) is 12.3 Å². The first kappa shape index (κ1) is 11.4. The molecule has 0 saturated heterocycles. The van der Waals surface area contributed by atoms with Gasteiger partial charge in [0.2, 0.25) is 0 Å². The molecule has 0 aliphatic rings. The first-order chi connectivity index (χ1) is 6.56. The van der Waals surface area contributed by atoms with Crippen molar-refractivity contribution >= 4 is 21.7 Å². The van der Waals surface area contributed by atoms with Crippen molar-refractivity contribution < 1.29 is 4.79 Å². The molecular weight excluding hydrogens is 240 g/mol. The van der Waals surface area contributed by atoms with Gasteiger partial charge in [-0.05, 0) is 23.6 Å². The second kappa shape index (κ2) is 4.74. The van der Waals surface area contributed by atoms with Gasteiger partial charge in [0.05, 0.1) is 0 Å². The summed E-state index contributed by atoms with van der Waals surface area (Å²) in [6.07, 6.45) is 0.569. The standard InChI is InChI=1S/C12H15BrO/c1-4-12(14)9-5-6-11(13)10(7-9)8(2)3/h5-8H,4H2,1-3H3. The zero-order chi connectivity index (χ0) is 10.7. The van der Waals surface area contributed by atoms with Gasteiger partial charge in [-0.25, -0.2) is 0 Å². The van der Waals surface area contributed by atoms with Gasteiger partial charge in [0.15, 0.2) is 5.78 Å². The number of hydrogen-bond acceptors (Lipinski definition) is 1. The van der Waals surface area contributed by atoms with Crippen molar-refractivity contribution in [3.8, 4) is 0 Å². The molecule has 0 amide bonds. The number of carbonyl (C=O) groups excluding carboxylic acids is 1. The van der Waals surface area contributed by atoms with Crippen molar-refractivity contribution in [3.05, 3.63) is 33.8 Å². The van der Waals surface area contributed by atoms with E-state index in [1.165, 1.54) is 5.56 Å². The third-order valence-electron chi connectivity index (χ3n) is 2.26. The summed E-state index contributed by atoms with van der Waals surface area (Å²) in [5, 5.41) is 0. The monoisotopic (exact) mass is 254 g/mol. The zero-order valence-electron chi connectivity index (χ0n) is 8.80. The van der Waals surface area contributed by atoms with Crippen molar-refractivity contribution in [3.63, 3.8) is 0 Å². The second-order valence-corrected chi connectivity index (χ2v) is 4.52. The number of hydrogen-bond donors (Lipinski definition) is 0. The lowest BCUT2D eigenvalue weighted by atomic mass is 9.99. The second-order valence-electron chi connectivity index (χ2n) is 3.67. The minimum absolute atomic E-state index is 0.208. The zero-order valence-corrected chi connectivity index (χ0v) is 10.4. The van der Waals surface area contributed by atoms with Gasteiger partial charge in [0.1, 0.15) is 0 Å². The van der Waals surface area contributed by atoms with E-state index in [-0.39, 0.29) is 5.78 Å². The molecule has 1 aromatic carbocycles. The number of benzene rings is 1. The fourth-order valence-electron chi connectivity index (χ4n) is 1.36. The minimum Gasteiger partial charge on any atom is -0.294 e. The van der Waals surface area contributed by atoms with Crippen molar-refractivity contribution in [1.82, 2.24) is 0 Å². The number of Topliss-reactive ketones (excluding diaryl/α,β-unsaturated/α-hetero) is 1. The quantitative estimate of drug-likeness (QED) is 0.741. The molecule has 0 aliphatic heterocycles. The van der Waals surface area contributed by atoms with Crippen LogP contribution >= 0.6 is 15.9 Å². The van der Waals surface area contributed by atoms with Crippen LogP contribution in [-0.4, -0.2) is 5.78 Å². The van der Waals surface area contributed by atoms with E-state index in [0.717, 1.165) is 10.0 Å². The molecule has 0 aliphatic carbocycles. The molecule has 0 aromatic heterocycles. The highest BCUT2D eigenvalue weighted by molar-refractivity contribution is 9.10. The van der Waals surface area contributed by atoms with Crippen LogP contribution in [0.2, 0.25) is 0 Å². The van der Waals surface area contributed by atoms with E-state index in [1.54, 1.807) is 0 Å². The SMILES string of the molecule is CCC(=O)c1ccc(Br)c(C(C)C)c1. The lowest BCUT2D eigenvalue weighted by molar-refractivity contribution is 0.0988. The van der Waals surface area contributed by atoms with Crippen LogP contribution in [0.25, 0.3) is 0 Å². The molecule has 0 saturated carbocycles. The predicted octanol–water partition coefficient (Wildman–Crippen LogP) is 4.17. The average Bonchev–Trinajstić information content (AvgIpc) is 2.17. The maximum Gasteiger partial charge on any atom is 0.162 e. The summed E-state index contributed by atoms with van der Waals surface area (Å²) in [5.74, 6) is 0.647. The molecule has 1 aromatic rings. The van der Waals surface area contributed by atoms with Crippen LogP contribution in [0.1, 0.15) is 49.0 Å². The van der Waals surface area contributed by atoms with Crippen LogP contribution < -0.4 is 0 Å². The van der Waals surface area contributed by atoms with E-state index < -0.39 is 0 Å². The summed E-state index contributed by atoms with van der Waals surface area (Å²) in [7, 11) is 0. The lowest BCUT2D eigenvalue weighted by Gasteiger charge is -2.09. The molecule has 14 heavy (non-hydrogen) atoms. The van der Waals surface area contributed by atoms with Crippen LogP contribution in [0.4, 0.5) is 0 Å². The highest BCUT2D eigenvalue weighted by Crippen LogP contribution is 2.25. The molecule has 0 radical (unpaired) electrons. The molecule has 1 rings (SSSR count). The summed E-state index contributed by atoms with van der Waals surface area (Å²) >= 11 is 3.49. The smallest absolute Gasteiger partial charge is 0.162 e. The Morgan fingerprint density at radius 1 is 1.43 bits per heavy atom. The van der Waals surface area contributed by atoms with Crippen LogP contribution in [0.3, 0.4) is 0 Å². The van der Waals surface area contributed by atoms with Gasteiger partial charge in [-0.1, -0.05) is 42.8 Å². The molecule has 0 atom stereocenters. The van der Waals surface area contributed by atoms with Gasteiger partial charge in [-0.3, -0.25) is 4.79 Å². The van der Waals surface area contributed by atoms with E-state index in [4.69, 9.17) is 0 Å². The molecule has 0 unspecified atom stereocenters. The predicted molar refractivity (Wildman–Crippen MR) is 62.9 cm³/mol. The molecule has 2 heteroatoms. The number of ketones is 1. The Morgan fingerprint density at radius 3 is 2.57 bits per heavy atom. The van der Waals surface area contributed by atoms with E-state index in [9.17, 15) is 4.79 Å². The fraction of sp³-hybridized carbons (Fsp3) is 0.417. The molecule has 1 nitrogen and oxygen atoms in total. The maximum absolute atomic E-state index is 11.5. The van der Waals surface area contributed by atoms with Gasteiger partial charge >= 0.3 is 0 Å². The molecule has 0 N–H and O–H groups in total. The van der Waals surface area contributed by atoms with Crippen LogP contribution in [0, 0.1) is 0 Å². The summed E-state index contributed by atoms with van der Waals surface area (Å²) < 4.78 is 1.08. The van der Waals surface area contributed by atoms with Crippen molar-refractivity contribution in [2.24, 2.45) is 0 Å². The Balaban J connectivity index is 3.13. The van der Waals surface area contributed by atoms with Crippen LogP contribution in [-0.2, 0) is 0 Å². The largest absolute Gasteiger partial charge is 0.294 e. The summed E-state index contributed by atoms with van der Waals surface area (Å²) in [4.78, 5) is 11.5. The summed E-state index contributed by atoms with van der Waals surface area (Å²) in [5.41, 5.74) is 2.02. The minimum atomic E-state index is 0.208. The van der Waals surface area contributed by atoms with Crippen LogP contribution in [0.15, 0.2) is 22.7 Å². The Bertz CT molecular complexity index is 342. The lowest BCUT2D eigenvalue weighted by Crippen LogP contribution is -1.99. The topological polar surface area (TPSA) is 17.1 Å². The van der Waals surface area contributed by atoms with Crippen molar-refractivity contribution in [1.29, 1.82) is 0 Å². The van der Waals surface area contributed by atoms with E-state index >= 15 is 0 Å². The normalized spacial score (nSPS) is 10.6. The first-order valence-corrected chi connectivity index (χ1v) is 5.68. The summed E-state index contributed by atoms with van der Waals surface area (Å²) in [6.45, 7) is 6.14. The van der Waals surface area contributed by atoms with E-state index in [2.05, 4.69) is 29.8 Å². The molecule has 0 bridgehead atoms. The van der Waals surface area contributed by atoms with Crippen molar-refractivity contribution in [2.45, 2.75) is 33.1 Å². The third-order valence-corrected chi connectivity index (χ3v) is 2.98. The highest BCUT2D eigenvalue weighted by atomic mass is 79.9. The number of carbonyl (C=O) groups is 1. The molecule has 0 heterocycles. The van der Waals surface area contributed by atoms with Crippen molar-refractivity contribution in [2.75, 3.05) is 0 Å². The Labute approximate surface area is 93.7 Å². The highest BCUT2D eigenvalue weighted by Gasteiger charge is 2.09. The Morgan fingerprint density at radius 2 is 2.07 bits per heavy atom. The average molecular weight is 255 g/mol. The molecule has 0 fully saturated rings. The van der Waals surface area contributed by atoms with Crippen LogP contribution in [0.5, 0.6) is 0 Å². The molecular formula is C12H15BrO. The molecule has 0 spiro atoms. The van der Waals surface area contributed by atoms with Gasteiger partial charge in [-0.15, -0.1) is 0 Å². The number of halogens is 1. The van der Waals surface area contributed by atoms with Gasteiger partial charge in [-0.2, -0.15) is 0 Å². The first-order valence-electron chi connectivity index (χ1n) is 4.89. The van der Waals surface area contributed by atoms with Gasteiger partial charge < -0.3 is 0 Å². The maximum atomic E-state index is 11.5. The van der Waals surface area contributed by atoms with E-state index in [1.807, 2.05) is 25.1 Å². The Hall–Kier alpha value is -0.630. The number of rotatable bonds is 3. The molecule has 76 valence electrons. The van der Waals surface area contributed by atoms with Gasteiger partial charge in [0.25, 0.3) is 0 Å². The summed E-state index contributed by atoms with van der Waals surface area (Å²) in [6, 6.07) is 5.82. The Kier molecular flexibility index (Phi) is 3.87. The van der Waals surface area contributed by atoms with Gasteiger partial charge in [0, 0.05) is 16.5 Å².